The van der Waals surface area contributed by atoms with Gasteiger partial charge in [0.1, 0.15) is 13.2 Å². The second kappa shape index (κ2) is 70.4. The van der Waals surface area contributed by atoms with E-state index in [1.54, 1.807) is 0 Å². The van der Waals surface area contributed by atoms with Gasteiger partial charge >= 0.3 is 17.9 Å². The van der Waals surface area contributed by atoms with Gasteiger partial charge in [0.2, 0.25) is 0 Å². The van der Waals surface area contributed by atoms with E-state index in [0.29, 0.717) is 19.3 Å². The molecular formula is C75H142O6. The van der Waals surface area contributed by atoms with Gasteiger partial charge in [0, 0.05) is 19.3 Å². The highest BCUT2D eigenvalue weighted by molar-refractivity contribution is 5.71. The molecule has 0 aliphatic carbocycles. The molecule has 1 unspecified atom stereocenters. The fourth-order valence-corrected chi connectivity index (χ4v) is 11.4. The van der Waals surface area contributed by atoms with Crippen LogP contribution in [0.3, 0.4) is 0 Å². The van der Waals surface area contributed by atoms with E-state index in [2.05, 4.69) is 45.1 Å². The van der Waals surface area contributed by atoms with Crippen LogP contribution in [0.15, 0.2) is 24.3 Å². The first-order valence-electron chi connectivity index (χ1n) is 36.8. The Kier molecular flexibility index (Phi) is 68.5. The van der Waals surface area contributed by atoms with Crippen LogP contribution in [0.25, 0.3) is 0 Å². The van der Waals surface area contributed by atoms with Crippen LogP contribution in [0.4, 0.5) is 0 Å². The van der Waals surface area contributed by atoms with Gasteiger partial charge in [-0.05, 0) is 51.4 Å². The van der Waals surface area contributed by atoms with Crippen LogP contribution in [0.5, 0.6) is 0 Å². The number of carbonyl (C=O) groups excluding carboxylic acids is 3. The zero-order chi connectivity index (χ0) is 58.5. The van der Waals surface area contributed by atoms with Crippen molar-refractivity contribution in [3.63, 3.8) is 0 Å². The standard InChI is InChI=1S/C75H142O6/c1-4-7-10-13-15-17-19-21-23-25-27-29-31-33-35-36-37-38-40-41-43-45-47-49-51-53-55-57-59-62-65-68-74(77)80-71-72(70-79-73(76)67-64-61-12-9-6-3)81-75(78)69-66-63-60-58-56-54-52-50-48-46-44-42-39-34-32-30-28-26-24-22-20-18-16-14-11-8-5-2/h20,22,26,28,72H,4-19,21,23-25,27,29-71H2,1-3H3/b22-20-,28-26-. The molecule has 478 valence electrons. The van der Waals surface area contributed by atoms with E-state index in [0.717, 1.165) is 70.6 Å². The van der Waals surface area contributed by atoms with Gasteiger partial charge in [-0.2, -0.15) is 0 Å². The van der Waals surface area contributed by atoms with Gasteiger partial charge in [-0.3, -0.25) is 14.4 Å². The Bertz CT molecular complexity index is 1310. The lowest BCUT2D eigenvalue weighted by molar-refractivity contribution is -0.167. The van der Waals surface area contributed by atoms with Gasteiger partial charge in [-0.15, -0.1) is 0 Å². The van der Waals surface area contributed by atoms with E-state index in [4.69, 9.17) is 14.2 Å². The van der Waals surface area contributed by atoms with Gasteiger partial charge in [-0.25, -0.2) is 0 Å². The Morgan fingerprint density at radius 3 is 0.679 bits per heavy atom. The molecule has 0 radical (unpaired) electrons. The summed E-state index contributed by atoms with van der Waals surface area (Å²) < 4.78 is 16.8. The second-order valence-corrected chi connectivity index (χ2v) is 25.2. The number of hydrogen-bond donors (Lipinski definition) is 0. The van der Waals surface area contributed by atoms with Crippen LogP contribution in [0, 0.1) is 0 Å². The molecule has 81 heavy (non-hydrogen) atoms. The fraction of sp³-hybridized carbons (Fsp3) is 0.907. The smallest absolute Gasteiger partial charge is 0.306 e. The van der Waals surface area contributed by atoms with Crippen molar-refractivity contribution in [3.05, 3.63) is 24.3 Å². The minimum atomic E-state index is -0.765. The molecule has 0 aliphatic rings. The number of allylic oxidation sites excluding steroid dienone is 4. The number of hydrogen-bond acceptors (Lipinski definition) is 6. The maximum atomic E-state index is 12.9. The molecule has 0 heterocycles. The monoisotopic (exact) mass is 1140 g/mol. The minimum absolute atomic E-state index is 0.0655. The van der Waals surface area contributed by atoms with E-state index in [1.165, 1.54) is 308 Å². The van der Waals surface area contributed by atoms with Crippen LogP contribution >= 0.6 is 0 Å². The van der Waals surface area contributed by atoms with Gasteiger partial charge in [0.25, 0.3) is 0 Å². The van der Waals surface area contributed by atoms with Crippen LogP contribution in [0.1, 0.15) is 419 Å². The quantitative estimate of drug-likeness (QED) is 0.0261. The van der Waals surface area contributed by atoms with Crippen molar-refractivity contribution in [2.75, 3.05) is 13.2 Å². The van der Waals surface area contributed by atoms with E-state index in [1.807, 2.05) is 0 Å². The van der Waals surface area contributed by atoms with Crippen LogP contribution in [-0.4, -0.2) is 37.2 Å². The summed E-state index contributed by atoms with van der Waals surface area (Å²) in [5, 5.41) is 0. The summed E-state index contributed by atoms with van der Waals surface area (Å²) in [4.78, 5) is 38.0. The van der Waals surface area contributed by atoms with E-state index in [-0.39, 0.29) is 31.1 Å². The van der Waals surface area contributed by atoms with Crippen molar-refractivity contribution >= 4 is 17.9 Å². The summed E-state index contributed by atoms with van der Waals surface area (Å²) in [5.41, 5.74) is 0. The van der Waals surface area contributed by atoms with E-state index >= 15 is 0 Å². The van der Waals surface area contributed by atoms with Crippen molar-refractivity contribution in [2.45, 2.75) is 425 Å². The highest BCUT2D eigenvalue weighted by atomic mass is 16.6. The number of carbonyl (C=O) groups is 3. The molecule has 0 amide bonds. The normalized spacial score (nSPS) is 12.1. The maximum absolute atomic E-state index is 12.9. The predicted octanol–water partition coefficient (Wildman–Crippen LogP) is 25.3. The first-order valence-corrected chi connectivity index (χ1v) is 36.8. The first-order chi connectivity index (χ1) is 40.0. The molecule has 0 spiro atoms. The Labute approximate surface area is 506 Å². The first kappa shape index (κ1) is 78.9. The molecule has 0 aromatic heterocycles. The number of ether oxygens (including phenoxy) is 3. The number of unbranched alkanes of at least 4 members (excludes halogenated alkanes) is 54. The lowest BCUT2D eigenvalue weighted by atomic mass is 10.0. The molecule has 0 rings (SSSR count). The Balaban J connectivity index is 3.89. The Hall–Kier alpha value is -2.11. The predicted molar refractivity (Wildman–Crippen MR) is 353 cm³/mol. The maximum Gasteiger partial charge on any atom is 0.306 e. The van der Waals surface area contributed by atoms with Crippen molar-refractivity contribution in [3.8, 4) is 0 Å². The molecule has 6 nitrogen and oxygen atoms in total. The molecule has 0 aliphatic heterocycles. The van der Waals surface area contributed by atoms with Crippen molar-refractivity contribution in [2.24, 2.45) is 0 Å². The molecule has 0 aromatic carbocycles. The molecule has 1 atom stereocenters. The van der Waals surface area contributed by atoms with Crippen LogP contribution < -0.4 is 0 Å². The lowest BCUT2D eigenvalue weighted by Crippen LogP contribution is -2.30. The number of esters is 3. The summed E-state index contributed by atoms with van der Waals surface area (Å²) in [5.74, 6) is -0.851. The third kappa shape index (κ3) is 68.6. The van der Waals surface area contributed by atoms with Crippen molar-refractivity contribution in [1.82, 2.24) is 0 Å². The molecule has 6 heteroatoms. The SMILES string of the molecule is CCCCCCC/C=C\C/C=C\CCCCCCCCCCCCCCCCCC(=O)OC(COC(=O)CCCCCCC)COC(=O)CCCCCCCCCCCCCCCCCCCCCCCCCCCCCCCCC. The number of rotatable bonds is 69. The third-order valence-corrected chi connectivity index (χ3v) is 17.0. The van der Waals surface area contributed by atoms with Gasteiger partial charge in [0.05, 0.1) is 0 Å². The minimum Gasteiger partial charge on any atom is -0.462 e. The molecule has 0 aromatic rings. The van der Waals surface area contributed by atoms with E-state index < -0.39 is 6.10 Å². The largest absolute Gasteiger partial charge is 0.462 e. The lowest BCUT2D eigenvalue weighted by Gasteiger charge is -2.18. The summed E-state index contributed by atoms with van der Waals surface area (Å²) in [6, 6.07) is 0. The Morgan fingerprint density at radius 2 is 0.444 bits per heavy atom. The third-order valence-electron chi connectivity index (χ3n) is 17.0. The molecule has 0 fully saturated rings. The molecule has 0 N–H and O–H groups in total. The van der Waals surface area contributed by atoms with Gasteiger partial charge in [-0.1, -0.05) is 373 Å². The zero-order valence-corrected chi connectivity index (χ0v) is 55.1. The summed E-state index contributed by atoms with van der Waals surface area (Å²) >= 11 is 0. The van der Waals surface area contributed by atoms with Crippen molar-refractivity contribution in [1.29, 1.82) is 0 Å². The Morgan fingerprint density at radius 1 is 0.247 bits per heavy atom. The molecule has 0 saturated carbocycles. The highest BCUT2D eigenvalue weighted by Gasteiger charge is 2.19. The highest BCUT2D eigenvalue weighted by Crippen LogP contribution is 2.19. The van der Waals surface area contributed by atoms with E-state index in [9.17, 15) is 14.4 Å². The average Bonchev–Trinajstić information content (AvgIpc) is 3.47. The summed E-state index contributed by atoms with van der Waals surface area (Å²) in [6.07, 6.45) is 87.2. The molecule has 0 bridgehead atoms. The van der Waals surface area contributed by atoms with Gasteiger partial charge < -0.3 is 14.2 Å². The molecule has 0 saturated heterocycles. The van der Waals surface area contributed by atoms with Crippen LogP contribution in [-0.2, 0) is 28.6 Å². The fourth-order valence-electron chi connectivity index (χ4n) is 11.4. The summed E-state index contributed by atoms with van der Waals surface area (Å²) in [7, 11) is 0. The second-order valence-electron chi connectivity index (χ2n) is 25.2. The van der Waals surface area contributed by atoms with Gasteiger partial charge in [0.15, 0.2) is 6.10 Å². The average molecular weight is 1140 g/mol. The summed E-state index contributed by atoms with van der Waals surface area (Å²) in [6.45, 7) is 6.63. The van der Waals surface area contributed by atoms with Crippen molar-refractivity contribution < 1.29 is 28.6 Å². The zero-order valence-electron chi connectivity index (χ0n) is 55.1. The molecular weight excluding hydrogens is 997 g/mol. The van der Waals surface area contributed by atoms with Crippen LogP contribution in [0.2, 0.25) is 0 Å². The topological polar surface area (TPSA) is 78.9 Å².